The Morgan fingerprint density at radius 1 is 1.11 bits per heavy atom. The number of ether oxygens (including phenoxy) is 1. The number of nitrogens with one attached hydrogen (secondary N) is 1. The SMILES string of the molecule is Cc1ccc(C(C)C)c(N2C(=O)C(Br)S/C2=N\C(=O)NCCc2ccc(-c3ncn(-c4ccc(OC(F)(F)F)cc4)n3)cc2)c1. The van der Waals surface area contributed by atoms with Crippen LogP contribution >= 0.6 is 27.7 Å². The molecule has 1 atom stereocenters. The quantitative estimate of drug-likeness (QED) is 0.193. The van der Waals surface area contributed by atoms with Crippen LogP contribution < -0.4 is 15.0 Å². The number of hydrogen-bond acceptors (Lipinski definition) is 6. The summed E-state index contributed by atoms with van der Waals surface area (Å²) in [5.41, 5.74) is 4.94. The lowest BCUT2D eigenvalue weighted by Gasteiger charge is -2.22. The Hall–Kier alpha value is -4.17. The number of nitrogens with zero attached hydrogens (tertiary/aromatic N) is 5. The average Bonchev–Trinajstić information content (AvgIpc) is 3.57. The van der Waals surface area contributed by atoms with Crippen LogP contribution in [-0.4, -0.2) is 48.9 Å². The maximum absolute atomic E-state index is 13.0. The molecule has 1 saturated heterocycles. The molecular formula is C31H28BrF3N6O3S. The van der Waals surface area contributed by atoms with Crippen molar-refractivity contribution in [1.82, 2.24) is 20.1 Å². The first-order chi connectivity index (χ1) is 21.4. The number of aliphatic imine (C=N–C) groups is 1. The molecule has 0 bridgehead atoms. The first-order valence-electron chi connectivity index (χ1n) is 13.9. The summed E-state index contributed by atoms with van der Waals surface area (Å²) >= 11 is 4.58. The van der Waals surface area contributed by atoms with Crippen LogP contribution in [0.3, 0.4) is 0 Å². The lowest BCUT2D eigenvalue weighted by Crippen LogP contribution is -2.33. The molecule has 3 aromatic carbocycles. The molecule has 0 aliphatic carbocycles. The van der Waals surface area contributed by atoms with Gasteiger partial charge in [0.05, 0.1) is 11.4 Å². The smallest absolute Gasteiger partial charge is 0.406 e. The maximum atomic E-state index is 13.0. The normalized spacial score (nSPS) is 16.1. The van der Waals surface area contributed by atoms with Gasteiger partial charge in [-0.3, -0.25) is 9.69 Å². The van der Waals surface area contributed by atoms with Gasteiger partial charge in [0.1, 0.15) is 16.2 Å². The first-order valence-corrected chi connectivity index (χ1v) is 15.7. The zero-order valence-corrected chi connectivity index (χ0v) is 26.8. The van der Waals surface area contributed by atoms with E-state index in [9.17, 15) is 22.8 Å². The second-order valence-electron chi connectivity index (χ2n) is 10.5. The van der Waals surface area contributed by atoms with Crippen LogP contribution in [0.2, 0.25) is 0 Å². The third-order valence-corrected chi connectivity index (χ3v) is 8.64. The van der Waals surface area contributed by atoms with E-state index in [1.165, 1.54) is 51.9 Å². The molecule has 3 amide bonds. The number of anilines is 1. The number of urea groups is 1. The summed E-state index contributed by atoms with van der Waals surface area (Å²) in [5, 5.41) is 7.53. The highest BCUT2D eigenvalue weighted by Crippen LogP contribution is 2.39. The Kier molecular flexibility index (Phi) is 9.63. The van der Waals surface area contributed by atoms with Gasteiger partial charge in [0.15, 0.2) is 11.0 Å². The van der Waals surface area contributed by atoms with E-state index in [1.54, 1.807) is 0 Å². The summed E-state index contributed by atoms with van der Waals surface area (Å²) in [6.45, 7) is 6.38. The molecule has 14 heteroatoms. The highest BCUT2D eigenvalue weighted by atomic mass is 79.9. The van der Waals surface area contributed by atoms with Crippen molar-refractivity contribution in [3.63, 3.8) is 0 Å². The van der Waals surface area contributed by atoms with E-state index < -0.39 is 16.6 Å². The van der Waals surface area contributed by atoms with Crippen molar-refractivity contribution in [1.29, 1.82) is 0 Å². The molecule has 0 spiro atoms. The number of aryl methyl sites for hydroxylation is 1. The second-order valence-corrected chi connectivity index (χ2v) is 13.0. The number of amides is 3. The fraction of sp³-hybridized carbons (Fsp3) is 0.258. The van der Waals surface area contributed by atoms with Crippen molar-refractivity contribution in [3.05, 3.63) is 89.7 Å². The highest BCUT2D eigenvalue weighted by molar-refractivity contribution is 9.12. The standard InChI is InChI=1S/C31H28BrF3N6O3S/c1-18(2)24-13-4-19(3)16-25(24)41-28(42)26(32)45-30(41)38-29(43)36-15-14-20-5-7-21(8-6-20)27-37-17-40(39-27)22-9-11-23(12-10-22)44-31(33,34)35/h4-13,16-18,26H,14-15H2,1-3H3,(H,36,43)/b38-30-. The second kappa shape index (κ2) is 13.4. The zero-order chi connectivity index (χ0) is 32.3. The number of benzene rings is 3. The lowest BCUT2D eigenvalue weighted by atomic mass is 9.99. The molecule has 4 aromatic rings. The van der Waals surface area contributed by atoms with E-state index in [0.29, 0.717) is 29.6 Å². The molecule has 1 aliphatic rings. The van der Waals surface area contributed by atoms with Crippen LogP contribution in [0.5, 0.6) is 5.75 Å². The van der Waals surface area contributed by atoms with Gasteiger partial charge in [0.25, 0.3) is 5.91 Å². The Morgan fingerprint density at radius 2 is 1.82 bits per heavy atom. The zero-order valence-electron chi connectivity index (χ0n) is 24.4. The molecule has 45 heavy (non-hydrogen) atoms. The summed E-state index contributed by atoms with van der Waals surface area (Å²) in [7, 11) is 0. The minimum Gasteiger partial charge on any atom is -0.406 e. The predicted octanol–water partition coefficient (Wildman–Crippen LogP) is 7.37. The Morgan fingerprint density at radius 3 is 2.49 bits per heavy atom. The summed E-state index contributed by atoms with van der Waals surface area (Å²) in [5.74, 6) is 0.0966. The Balaban J connectivity index is 1.19. The molecule has 5 rings (SSSR count). The van der Waals surface area contributed by atoms with E-state index in [2.05, 4.69) is 54.9 Å². The molecule has 1 aromatic heterocycles. The molecule has 1 fully saturated rings. The first kappa shape index (κ1) is 32.2. The van der Waals surface area contributed by atoms with E-state index >= 15 is 0 Å². The summed E-state index contributed by atoms with van der Waals surface area (Å²) < 4.78 is 42.0. The fourth-order valence-electron chi connectivity index (χ4n) is 4.61. The van der Waals surface area contributed by atoms with Crippen LogP contribution in [0.4, 0.5) is 23.7 Å². The minimum absolute atomic E-state index is 0.170. The number of carbonyl (C=O) groups excluding carboxylic acids is 2. The van der Waals surface area contributed by atoms with Crippen LogP contribution in [-0.2, 0) is 11.2 Å². The minimum atomic E-state index is -4.76. The van der Waals surface area contributed by atoms with Crippen molar-refractivity contribution < 1.29 is 27.5 Å². The summed E-state index contributed by atoms with van der Waals surface area (Å²) in [6, 6.07) is 18.2. The van der Waals surface area contributed by atoms with E-state index in [0.717, 1.165) is 27.9 Å². The molecule has 0 saturated carbocycles. The van der Waals surface area contributed by atoms with Gasteiger partial charge in [-0.15, -0.1) is 18.3 Å². The molecule has 1 unspecified atom stereocenters. The van der Waals surface area contributed by atoms with E-state index in [-0.39, 0.29) is 17.6 Å². The predicted molar refractivity (Wildman–Crippen MR) is 171 cm³/mol. The van der Waals surface area contributed by atoms with Gasteiger partial charge in [-0.2, -0.15) is 4.99 Å². The van der Waals surface area contributed by atoms with E-state index in [1.807, 2.05) is 49.4 Å². The number of alkyl halides is 4. The Bertz CT molecular complexity index is 1730. The van der Waals surface area contributed by atoms with Gasteiger partial charge in [-0.25, -0.2) is 14.5 Å². The van der Waals surface area contributed by atoms with Crippen molar-refractivity contribution in [3.8, 4) is 22.8 Å². The summed E-state index contributed by atoms with van der Waals surface area (Å²) in [6.07, 6.45) is -2.75. The monoisotopic (exact) mass is 700 g/mol. The molecule has 9 nitrogen and oxygen atoms in total. The molecule has 1 N–H and O–H groups in total. The number of amidine groups is 1. The van der Waals surface area contributed by atoms with Crippen molar-refractivity contribution >= 4 is 50.5 Å². The molecule has 2 heterocycles. The van der Waals surface area contributed by atoms with Crippen LogP contribution in [0.25, 0.3) is 17.1 Å². The molecule has 234 valence electrons. The van der Waals surface area contributed by atoms with Crippen LogP contribution in [0, 0.1) is 6.92 Å². The average molecular weight is 702 g/mol. The maximum Gasteiger partial charge on any atom is 0.573 e. The molecule has 1 aliphatic heterocycles. The van der Waals surface area contributed by atoms with Gasteiger partial charge < -0.3 is 10.1 Å². The number of carbonyl (C=O) groups is 2. The van der Waals surface area contributed by atoms with Gasteiger partial charge >= 0.3 is 12.4 Å². The fourth-order valence-corrected chi connectivity index (χ4v) is 6.13. The van der Waals surface area contributed by atoms with Gasteiger partial charge in [0.2, 0.25) is 0 Å². The number of thioether (sulfide) groups is 1. The topological polar surface area (TPSA) is 102 Å². The van der Waals surface area contributed by atoms with Gasteiger partial charge in [0, 0.05) is 12.1 Å². The van der Waals surface area contributed by atoms with Crippen molar-refractivity contribution in [2.75, 3.05) is 11.4 Å². The molecular weight excluding hydrogens is 673 g/mol. The van der Waals surface area contributed by atoms with E-state index in [4.69, 9.17) is 0 Å². The summed E-state index contributed by atoms with van der Waals surface area (Å²) in [4.78, 5) is 35.8. The number of halogens is 4. The van der Waals surface area contributed by atoms with Gasteiger partial charge in [-0.1, -0.05) is 77.9 Å². The number of rotatable bonds is 8. The number of aromatic nitrogens is 3. The van der Waals surface area contributed by atoms with Crippen molar-refractivity contribution in [2.45, 2.75) is 43.6 Å². The largest absolute Gasteiger partial charge is 0.573 e. The van der Waals surface area contributed by atoms with Crippen LogP contribution in [0.1, 0.15) is 36.5 Å². The van der Waals surface area contributed by atoms with Gasteiger partial charge in [-0.05, 0) is 66.3 Å². The third kappa shape index (κ3) is 7.92. The third-order valence-electron chi connectivity index (χ3n) is 6.79. The van der Waals surface area contributed by atoms with Crippen molar-refractivity contribution in [2.24, 2.45) is 4.99 Å². The Labute approximate surface area is 270 Å². The number of hydrogen-bond donors (Lipinski definition) is 1. The van der Waals surface area contributed by atoms with Crippen LogP contribution in [0.15, 0.2) is 78.0 Å². The molecule has 0 radical (unpaired) electrons. The lowest BCUT2D eigenvalue weighted by molar-refractivity contribution is -0.274. The highest BCUT2D eigenvalue weighted by Gasteiger charge is 2.39.